The molecule has 1 aliphatic rings. The lowest BCUT2D eigenvalue weighted by Gasteiger charge is -2.11. The standard InChI is InChI=1S/C10H11FN2O5S/c11-8-2-1-3-9(10(8)13(14)15)19(16,17)12-7-4-5-18-6-7/h1-3,7,12H,4-6H2. The molecule has 0 saturated carbocycles. The van der Waals surface area contributed by atoms with Crippen molar-refractivity contribution in [2.45, 2.75) is 17.4 Å². The van der Waals surface area contributed by atoms with E-state index in [2.05, 4.69) is 4.72 Å². The van der Waals surface area contributed by atoms with Crippen LogP contribution in [0.5, 0.6) is 0 Å². The molecule has 1 N–H and O–H groups in total. The Morgan fingerprint density at radius 2 is 2.21 bits per heavy atom. The summed E-state index contributed by atoms with van der Waals surface area (Å²) in [5.41, 5.74) is -1.05. The molecule has 1 aromatic carbocycles. The van der Waals surface area contributed by atoms with E-state index in [-0.39, 0.29) is 6.61 Å². The maximum Gasteiger partial charge on any atom is 0.324 e. The Morgan fingerprint density at radius 3 is 2.79 bits per heavy atom. The zero-order valence-corrected chi connectivity index (χ0v) is 10.5. The van der Waals surface area contributed by atoms with Gasteiger partial charge in [0.05, 0.1) is 11.5 Å². The molecule has 0 amide bonds. The topological polar surface area (TPSA) is 98.5 Å². The quantitative estimate of drug-likeness (QED) is 0.653. The SMILES string of the molecule is O=[N+]([O-])c1c(F)cccc1S(=O)(=O)NC1CCOC1. The van der Waals surface area contributed by atoms with E-state index in [0.717, 1.165) is 18.2 Å². The number of hydrogen-bond donors (Lipinski definition) is 1. The molecule has 0 bridgehead atoms. The molecule has 7 nitrogen and oxygen atoms in total. The summed E-state index contributed by atoms with van der Waals surface area (Å²) in [5, 5.41) is 10.8. The Balaban J connectivity index is 2.39. The molecule has 1 aliphatic heterocycles. The van der Waals surface area contributed by atoms with E-state index in [1.807, 2.05) is 0 Å². The van der Waals surface area contributed by atoms with Gasteiger partial charge in [-0.15, -0.1) is 0 Å². The van der Waals surface area contributed by atoms with Crippen LogP contribution in [0, 0.1) is 15.9 Å². The molecular weight excluding hydrogens is 279 g/mol. The number of nitrogens with one attached hydrogen (secondary N) is 1. The molecule has 104 valence electrons. The number of ether oxygens (including phenoxy) is 1. The van der Waals surface area contributed by atoms with Gasteiger partial charge in [-0.25, -0.2) is 13.1 Å². The van der Waals surface area contributed by atoms with Gasteiger partial charge in [-0.05, 0) is 18.6 Å². The van der Waals surface area contributed by atoms with E-state index < -0.39 is 37.4 Å². The summed E-state index contributed by atoms with van der Waals surface area (Å²) < 4.78 is 44.7. The van der Waals surface area contributed by atoms with Crippen LogP contribution in [0.1, 0.15) is 6.42 Å². The van der Waals surface area contributed by atoms with Crippen LogP contribution in [-0.2, 0) is 14.8 Å². The Bertz CT molecular complexity index is 598. The van der Waals surface area contributed by atoms with Crippen LogP contribution in [0.4, 0.5) is 10.1 Å². The first-order valence-electron chi connectivity index (χ1n) is 5.45. The first-order valence-corrected chi connectivity index (χ1v) is 6.93. The minimum absolute atomic E-state index is 0.197. The molecule has 1 saturated heterocycles. The maximum absolute atomic E-state index is 13.4. The predicted molar refractivity (Wildman–Crippen MR) is 62.6 cm³/mol. The van der Waals surface area contributed by atoms with Crippen molar-refractivity contribution in [3.05, 3.63) is 34.1 Å². The Hall–Kier alpha value is -1.58. The molecule has 0 radical (unpaired) electrons. The number of rotatable bonds is 4. The van der Waals surface area contributed by atoms with E-state index in [4.69, 9.17) is 4.74 Å². The third-order valence-corrected chi connectivity index (χ3v) is 4.23. The summed E-state index contributed by atoms with van der Waals surface area (Å²) in [6.45, 7) is 0.612. The van der Waals surface area contributed by atoms with Crippen molar-refractivity contribution in [3.63, 3.8) is 0 Å². The molecule has 1 atom stereocenters. The van der Waals surface area contributed by atoms with Gasteiger partial charge in [0.15, 0.2) is 4.90 Å². The molecule has 9 heteroatoms. The number of para-hydroxylation sites is 1. The molecular formula is C10H11FN2O5S. The summed E-state index contributed by atoms with van der Waals surface area (Å²) >= 11 is 0. The second-order valence-electron chi connectivity index (χ2n) is 4.03. The summed E-state index contributed by atoms with van der Waals surface area (Å²) in [7, 11) is -4.15. The zero-order chi connectivity index (χ0) is 14.0. The number of sulfonamides is 1. The zero-order valence-electron chi connectivity index (χ0n) is 9.71. The van der Waals surface area contributed by atoms with Crippen LogP contribution in [0.2, 0.25) is 0 Å². The van der Waals surface area contributed by atoms with Gasteiger partial charge in [-0.3, -0.25) is 10.1 Å². The molecule has 2 rings (SSSR count). The molecule has 19 heavy (non-hydrogen) atoms. The van der Waals surface area contributed by atoms with E-state index >= 15 is 0 Å². The largest absolute Gasteiger partial charge is 0.380 e. The molecule has 1 heterocycles. The average molecular weight is 290 g/mol. The third-order valence-electron chi connectivity index (χ3n) is 2.67. The minimum atomic E-state index is -4.15. The van der Waals surface area contributed by atoms with Crippen molar-refractivity contribution in [2.75, 3.05) is 13.2 Å². The number of halogens is 1. The van der Waals surface area contributed by atoms with Gasteiger partial charge < -0.3 is 4.74 Å². The van der Waals surface area contributed by atoms with E-state index in [1.54, 1.807) is 0 Å². The smallest absolute Gasteiger partial charge is 0.324 e. The molecule has 0 spiro atoms. The summed E-state index contributed by atoms with van der Waals surface area (Å²) in [5.74, 6) is -1.18. The van der Waals surface area contributed by atoms with E-state index in [9.17, 15) is 22.9 Å². The van der Waals surface area contributed by atoms with Gasteiger partial charge in [0.25, 0.3) is 0 Å². The fourth-order valence-corrected chi connectivity index (χ4v) is 3.24. The van der Waals surface area contributed by atoms with Crippen molar-refractivity contribution < 1.29 is 22.5 Å². The second-order valence-corrected chi connectivity index (χ2v) is 5.71. The fraction of sp³-hybridized carbons (Fsp3) is 0.400. The van der Waals surface area contributed by atoms with E-state index in [1.165, 1.54) is 0 Å². The van der Waals surface area contributed by atoms with Crippen molar-refractivity contribution >= 4 is 15.7 Å². The Kier molecular flexibility index (Phi) is 3.78. The number of nitro benzene ring substituents is 1. The number of nitrogens with zero attached hydrogens (tertiary/aromatic N) is 1. The number of benzene rings is 1. The van der Waals surface area contributed by atoms with Gasteiger partial charge in [0.2, 0.25) is 15.8 Å². The highest BCUT2D eigenvalue weighted by atomic mass is 32.2. The third kappa shape index (κ3) is 2.88. The first kappa shape index (κ1) is 13.8. The molecule has 1 unspecified atom stereocenters. The van der Waals surface area contributed by atoms with Gasteiger partial charge in [0, 0.05) is 12.6 Å². The van der Waals surface area contributed by atoms with Crippen LogP contribution in [0.25, 0.3) is 0 Å². The highest BCUT2D eigenvalue weighted by Crippen LogP contribution is 2.27. The van der Waals surface area contributed by atoms with Crippen molar-refractivity contribution in [1.29, 1.82) is 0 Å². The second kappa shape index (κ2) is 5.19. The van der Waals surface area contributed by atoms with E-state index in [0.29, 0.717) is 13.0 Å². The lowest BCUT2D eigenvalue weighted by Crippen LogP contribution is -2.35. The molecule has 0 aliphatic carbocycles. The summed E-state index contributed by atoms with van der Waals surface area (Å²) in [6.07, 6.45) is 0.475. The van der Waals surface area contributed by atoms with Crippen molar-refractivity contribution in [3.8, 4) is 0 Å². The molecule has 1 aromatic rings. The normalized spacial score (nSPS) is 19.5. The van der Waals surface area contributed by atoms with Crippen LogP contribution < -0.4 is 4.72 Å². The first-order chi connectivity index (χ1) is 8.92. The highest BCUT2D eigenvalue weighted by molar-refractivity contribution is 7.89. The Labute approximate surface area is 108 Å². The lowest BCUT2D eigenvalue weighted by atomic mass is 10.3. The van der Waals surface area contributed by atoms with Gasteiger partial charge >= 0.3 is 5.69 Å². The molecule has 0 aromatic heterocycles. The Morgan fingerprint density at radius 1 is 1.47 bits per heavy atom. The summed E-state index contributed by atoms with van der Waals surface area (Å²) in [4.78, 5) is 9.05. The van der Waals surface area contributed by atoms with Gasteiger partial charge in [-0.1, -0.05) is 6.07 Å². The maximum atomic E-state index is 13.4. The molecule has 1 fully saturated rings. The minimum Gasteiger partial charge on any atom is -0.380 e. The summed E-state index contributed by atoms with van der Waals surface area (Å²) in [6, 6.07) is 2.50. The van der Waals surface area contributed by atoms with Crippen LogP contribution in [-0.4, -0.2) is 32.6 Å². The fourth-order valence-electron chi connectivity index (χ4n) is 1.80. The number of hydrogen-bond acceptors (Lipinski definition) is 5. The van der Waals surface area contributed by atoms with Crippen molar-refractivity contribution in [2.24, 2.45) is 0 Å². The van der Waals surface area contributed by atoms with Crippen molar-refractivity contribution in [1.82, 2.24) is 4.72 Å². The highest BCUT2D eigenvalue weighted by Gasteiger charge is 2.31. The van der Waals surface area contributed by atoms with Gasteiger partial charge in [0.1, 0.15) is 0 Å². The van der Waals surface area contributed by atoms with Crippen LogP contribution >= 0.6 is 0 Å². The van der Waals surface area contributed by atoms with Gasteiger partial charge in [-0.2, -0.15) is 4.39 Å². The monoisotopic (exact) mass is 290 g/mol. The lowest BCUT2D eigenvalue weighted by molar-refractivity contribution is -0.390. The van der Waals surface area contributed by atoms with Crippen LogP contribution in [0.15, 0.2) is 23.1 Å². The number of nitro groups is 1. The predicted octanol–water partition coefficient (Wildman–Crippen LogP) is 0.801. The van der Waals surface area contributed by atoms with Crippen LogP contribution in [0.3, 0.4) is 0 Å². The average Bonchev–Trinajstić information content (AvgIpc) is 2.80.